The Kier molecular flexibility index (Phi) is 19.3. The first-order valence-corrected chi connectivity index (χ1v) is 23.0. The van der Waals surface area contributed by atoms with Gasteiger partial charge < -0.3 is 39.5 Å². The second-order valence-electron chi connectivity index (χ2n) is 18.4. The number of ether oxygens (including phenoxy) is 3. The number of likely N-dealkylation sites (N-methyl/N-ethyl adjacent to an activating group) is 1. The Morgan fingerprint density at radius 2 is 1.62 bits per heavy atom. The van der Waals surface area contributed by atoms with E-state index in [1.54, 1.807) is 49.7 Å². The molecule has 66 heavy (non-hydrogen) atoms. The van der Waals surface area contributed by atoms with Crippen LogP contribution in [-0.4, -0.2) is 133 Å². The maximum absolute atomic E-state index is 14.0. The minimum absolute atomic E-state index is 0. The Hall–Kier alpha value is -4.64. The lowest BCUT2D eigenvalue weighted by molar-refractivity contribution is -0.304. The first-order valence-electron chi connectivity index (χ1n) is 23.0. The molecule has 4 N–H and O–H groups in total. The predicted octanol–water partition coefficient (Wildman–Crippen LogP) is 6.28. The van der Waals surface area contributed by atoms with Crippen molar-refractivity contribution in [2.75, 3.05) is 27.2 Å². The fraction of sp³-hybridized carbons (Fsp3) is 0.538. The number of ketones is 1. The van der Waals surface area contributed by atoms with E-state index in [9.17, 15) is 30.0 Å². The quantitative estimate of drug-likeness (QED) is 0.110. The first kappa shape index (κ1) is 52.3. The zero-order valence-electron chi connectivity index (χ0n) is 38.9. The monoisotopic (exact) mass is 912 g/mol. The van der Waals surface area contributed by atoms with E-state index < -0.39 is 78.6 Å². The molecule has 4 aromatic rings. The number of carbonyl (C=O) groups is 2. The van der Waals surface area contributed by atoms with Crippen molar-refractivity contribution < 1.29 is 44.2 Å². The predicted molar refractivity (Wildman–Crippen MR) is 255 cm³/mol. The van der Waals surface area contributed by atoms with Gasteiger partial charge in [0.25, 0.3) is 0 Å². The van der Waals surface area contributed by atoms with E-state index in [0.717, 1.165) is 33.3 Å². The summed E-state index contributed by atoms with van der Waals surface area (Å²) < 4.78 is 20.7. The molecule has 360 valence electrons. The van der Waals surface area contributed by atoms with Crippen molar-refractivity contribution in [1.29, 1.82) is 0 Å². The molecular weight excluding hydrogens is 839 g/mol. The van der Waals surface area contributed by atoms with Gasteiger partial charge in [-0.2, -0.15) is 0 Å². The summed E-state index contributed by atoms with van der Waals surface area (Å²) in [7, 11) is 3.54. The van der Waals surface area contributed by atoms with Gasteiger partial charge in [0.05, 0.1) is 61.1 Å². The zero-order valence-corrected chi connectivity index (χ0v) is 38.9. The van der Waals surface area contributed by atoms with Crippen LogP contribution in [0.15, 0.2) is 103 Å². The van der Waals surface area contributed by atoms with Crippen molar-refractivity contribution in [3.05, 3.63) is 114 Å². The molecule has 1 fully saturated rings. The molecule has 2 unspecified atom stereocenters. The molecule has 2 aliphatic rings. The standard InChI is InChI=1S/C51H69N5O9.CH4/c1-8-45-40(31-57)24-32(2)18-21-43(58)33(3)25-39(50(34(4)44(59)27-46(60)64-45)65-51-49(62)47(54(6)7)48(61)35(5)63-51)22-23-55(28-36-14-10-9-11-15-36)29-41-30-56(53-52-41)42-20-19-37-16-12-13-17-38(37)26-42;/h9-21,24,26,30,33-35,39-40,44-45,47-51,57,59,61-62H,8,22-23,25,27-29,31H2,1-7H3;1H4/b21-18+,32-24+;/t33-,34+,35-,39+,40-,44-,45-,47?,48-,49?,50-,51+;/m1./s1. The van der Waals surface area contributed by atoms with Gasteiger partial charge in [0.2, 0.25) is 0 Å². The van der Waals surface area contributed by atoms with E-state index in [0.29, 0.717) is 38.9 Å². The number of allylic oxidation sites excluding steroid dienone is 3. The fourth-order valence-electron chi connectivity index (χ4n) is 9.31. The minimum atomic E-state index is -1.27. The topological polar surface area (TPSA) is 180 Å². The minimum Gasteiger partial charge on any atom is -0.462 e. The maximum atomic E-state index is 14.0. The third-order valence-electron chi connectivity index (χ3n) is 13.2. The van der Waals surface area contributed by atoms with Crippen LogP contribution in [0, 0.1) is 23.7 Å². The lowest BCUT2D eigenvalue weighted by atomic mass is 9.79. The Bertz CT molecular complexity index is 2210. The molecule has 0 radical (unpaired) electrons. The van der Waals surface area contributed by atoms with Crippen LogP contribution in [0.2, 0.25) is 0 Å². The van der Waals surface area contributed by atoms with Crippen LogP contribution in [0.25, 0.3) is 16.5 Å². The van der Waals surface area contributed by atoms with Crippen LogP contribution in [0.5, 0.6) is 0 Å². The van der Waals surface area contributed by atoms with Gasteiger partial charge in [-0.3, -0.25) is 14.5 Å². The number of aromatic nitrogens is 3. The van der Waals surface area contributed by atoms with Crippen molar-refractivity contribution in [3.8, 4) is 5.69 Å². The maximum Gasteiger partial charge on any atom is 0.308 e. The Labute approximate surface area is 390 Å². The number of hydrogen-bond acceptors (Lipinski definition) is 13. The van der Waals surface area contributed by atoms with Crippen molar-refractivity contribution in [2.24, 2.45) is 23.7 Å². The summed E-state index contributed by atoms with van der Waals surface area (Å²) in [5, 5.41) is 56.4. The van der Waals surface area contributed by atoms with E-state index in [1.165, 1.54) is 0 Å². The molecule has 2 aliphatic heterocycles. The van der Waals surface area contributed by atoms with Crippen molar-refractivity contribution in [3.63, 3.8) is 0 Å². The second-order valence-corrected chi connectivity index (χ2v) is 18.4. The van der Waals surface area contributed by atoms with Crippen LogP contribution < -0.4 is 0 Å². The number of nitrogens with zero attached hydrogens (tertiary/aromatic N) is 5. The van der Waals surface area contributed by atoms with Crippen LogP contribution in [0.4, 0.5) is 0 Å². The molecule has 1 aromatic heterocycles. The third-order valence-corrected chi connectivity index (χ3v) is 13.2. The summed E-state index contributed by atoms with van der Waals surface area (Å²) in [4.78, 5) is 31.6. The molecule has 0 spiro atoms. The first-order chi connectivity index (χ1) is 31.1. The Balaban J connectivity index is 0.00000817. The molecule has 1 saturated heterocycles. The highest BCUT2D eigenvalue weighted by Crippen LogP contribution is 2.35. The van der Waals surface area contributed by atoms with E-state index >= 15 is 0 Å². The van der Waals surface area contributed by atoms with E-state index in [4.69, 9.17) is 14.2 Å². The van der Waals surface area contributed by atoms with Crippen molar-refractivity contribution >= 4 is 22.5 Å². The lowest BCUT2D eigenvalue weighted by Crippen LogP contribution is -2.63. The number of aliphatic hydroxyl groups is 4. The van der Waals surface area contributed by atoms with Crippen LogP contribution in [0.3, 0.4) is 0 Å². The second kappa shape index (κ2) is 24.4. The smallest absolute Gasteiger partial charge is 0.308 e. The number of fused-ring (bicyclic) bond motifs is 1. The number of carbonyl (C=O) groups excluding carboxylic acids is 2. The number of esters is 1. The largest absolute Gasteiger partial charge is 0.462 e. The number of aliphatic hydroxyl groups excluding tert-OH is 4. The van der Waals surface area contributed by atoms with Crippen molar-refractivity contribution in [2.45, 2.75) is 130 Å². The highest BCUT2D eigenvalue weighted by Gasteiger charge is 2.47. The fourth-order valence-corrected chi connectivity index (χ4v) is 9.31. The summed E-state index contributed by atoms with van der Waals surface area (Å²) in [6.07, 6.45) is 0.954. The van der Waals surface area contributed by atoms with Crippen LogP contribution in [-0.2, 0) is 36.9 Å². The molecule has 0 bridgehead atoms. The number of rotatable bonds is 13. The normalized spacial score (nSPS) is 30.7. The Morgan fingerprint density at radius 1 is 0.909 bits per heavy atom. The summed E-state index contributed by atoms with van der Waals surface area (Å²) >= 11 is 0. The van der Waals surface area contributed by atoms with Gasteiger partial charge in [0, 0.05) is 30.8 Å². The number of benzene rings is 3. The number of hydrogen-bond donors (Lipinski definition) is 4. The average molecular weight is 912 g/mol. The molecule has 14 heteroatoms. The van der Waals surface area contributed by atoms with E-state index in [2.05, 4.69) is 51.6 Å². The van der Waals surface area contributed by atoms with Gasteiger partial charge in [0.15, 0.2) is 12.1 Å². The Morgan fingerprint density at radius 3 is 2.32 bits per heavy atom. The molecule has 3 aromatic carbocycles. The molecule has 12 atom stereocenters. The third kappa shape index (κ3) is 13.5. The zero-order chi connectivity index (χ0) is 46.8. The van der Waals surface area contributed by atoms with Gasteiger partial charge in [-0.25, -0.2) is 4.68 Å². The molecule has 14 nitrogen and oxygen atoms in total. The summed E-state index contributed by atoms with van der Waals surface area (Å²) in [5.74, 6) is -2.88. The van der Waals surface area contributed by atoms with Gasteiger partial charge >= 0.3 is 5.97 Å². The van der Waals surface area contributed by atoms with Crippen LogP contribution >= 0.6 is 0 Å². The number of cyclic esters (lactones) is 1. The van der Waals surface area contributed by atoms with Crippen molar-refractivity contribution in [1.82, 2.24) is 24.8 Å². The SMILES string of the molecule is C.CC[C@H]1OC(=O)C[C@@H](O)[C@H](C)[C@@H](O[C@@H]2O[C@H](C)[C@@H](O)C(N(C)C)C2O)[C@@H](CCN(Cc2ccccc2)Cc2cn(-c3ccc4ccccc4c3)nn2)C[C@@H](C)C(=O)/C=C/C(C)=C/[C@@H]1CO. The molecule has 0 saturated carbocycles. The van der Waals surface area contributed by atoms with Gasteiger partial charge in [0.1, 0.15) is 12.2 Å². The van der Waals surface area contributed by atoms with E-state index in [1.807, 2.05) is 69.4 Å². The molecule has 3 heterocycles. The average Bonchev–Trinajstić information content (AvgIpc) is 3.76. The van der Waals surface area contributed by atoms with Gasteiger partial charge in [-0.1, -0.05) is 112 Å². The summed E-state index contributed by atoms with van der Waals surface area (Å²) in [6.45, 7) is 10.4. The van der Waals surface area contributed by atoms with Gasteiger partial charge in [-0.05, 0) is 94.2 Å². The lowest BCUT2D eigenvalue weighted by Gasteiger charge is -2.46. The molecule has 0 aliphatic carbocycles. The summed E-state index contributed by atoms with van der Waals surface area (Å²) in [6, 6.07) is 23.7. The molecule has 6 rings (SSSR count). The highest BCUT2D eigenvalue weighted by atomic mass is 16.7. The molecule has 0 amide bonds. The molecular formula is C52H73N5O9. The van der Waals surface area contributed by atoms with Crippen LogP contribution in [0.1, 0.15) is 79.0 Å². The highest BCUT2D eigenvalue weighted by molar-refractivity contribution is 5.91. The van der Waals surface area contributed by atoms with E-state index in [-0.39, 0.29) is 26.2 Å². The summed E-state index contributed by atoms with van der Waals surface area (Å²) in [5.41, 5.74) is 3.48. The van der Waals surface area contributed by atoms with Gasteiger partial charge in [-0.15, -0.1) is 5.10 Å².